The van der Waals surface area contributed by atoms with E-state index in [1.807, 2.05) is 0 Å². The fourth-order valence-corrected chi connectivity index (χ4v) is 4.74. The number of nitrogens with one attached hydrogen (secondary N) is 1. The molecule has 1 aliphatic rings. The van der Waals surface area contributed by atoms with Crippen LogP contribution in [0.5, 0.6) is 11.5 Å². The number of anilines is 2. The number of para-hydroxylation sites is 1. The van der Waals surface area contributed by atoms with Crippen LogP contribution in [0, 0.1) is 0 Å². The molecule has 0 radical (unpaired) electrons. The second-order valence-corrected chi connectivity index (χ2v) is 8.40. The zero-order chi connectivity index (χ0) is 22.5. The van der Waals surface area contributed by atoms with Gasteiger partial charge in [-0.1, -0.05) is 18.2 Å². The van der Waals surface area contributed by atoms with E-state index in [9.17, 15) is 13.0 Å². The molecule has 0 saturated heterocycles. The van der Waals surface area contributed by atoms with Crippen LogP contribution in [0.3, 0.4) is 0 Å². The van der Waals surface area contributed by atoms with Gasteiger partial charge < -0.3 is 14.6 Å². The van der Waals surface area contributed by atoms with Gasteiger partial charge in [-0.3, -0.25) is 15.0 Å². The molecule has 2 aromatic heterocycles. The van der Waals surface area contributed by atoms with Crippen LogP contribution in [-0.2, 0) is 10.1 Å². The van der Waals surface area contributed by atoms with Crippen LogP contribution < -0.4 is 39.6 Å². The fourth-order valence-electron chi connectivity index (χ4n) is 3.84. The maximum atomic E-state index is 12.2. The summed E-state index contributed by atoms with van der Waals surface area (Å²) in [5.74, 6) is 0.529. The van der Waals surface area contributed by atoms with Crippen LogP contribution in [0.2, 0.25) is 0 Å². The number of ether oxygens (including phenoxy) is 1. The Bertz CT molecular complexity index is 1590. The maximum absolute atomic E-state index is 12.2. The Balaban J connectivity index is 0.00000259. The van der Waals surface area contributed by atoms with Gasteiger partial charge >= 0.3 is 29.6 Å². The van der Waals surface area contributed by atoms with Crippen molar-refractivity contribution in [2.75, 3.05) is 5.32 Å². The largest absolute Gasteiger partial charge is 1.00 e. The molecule has 0 unspecified atom stereocenters. The summed E-state index contributed by atoms with van der Waals surface area (Å²) < 4.78 is 42.8. The number of nitrogens with zero attached hydrogens (tertiary/aromatic N) is 4. The van der Waals surface area contributed by atoms with Gasteiger partial charge in [0.1, 0.15) is 37.9 Å². The molecule has 1 aliphatic heterocycles. The van der Waals surface area contributed by atoms with Crippen LogP contribution in [0.4, 0.5) is 11.4 Å². The van der Waals surface area contributed by atoms with Gasteiger partial charge in [-0.15, -0.1) is 0 Å². The van der Waals surface area contributed by atoms with Crippen molar-refractivity contribution in [2.45, 2.75) is 13.8 Å². The molecule has 3 heterocycles. The summed E-state index contributed by atoms with van der Waals surface area (Å²) >= 11 is 0. The molecule has 0 atom stereocenters. The van der Waals surface area contributed by atoms with E-state index in [0.29, 0.717) is 44.8 Å². The second kappa shape index (κ2) is 8.81. The Labute approximate surface area is 211 Å². The van der Waals surface area contributed by atoms with E-state index in [0.717, 1.165) is 0 Å². The molecule has 0 saturated carbocycles. The fraction of sp³-hybridized carbons (Fsp3) is 0.0909. The summed E-state index contributed by atoms with van der Waals surface area (Å²) in [6.07, 6.45) is 9.43. The van der Waals surface area contributed by atoms with Crippen LogP contribution >= 0.6 is 0 Å². The molecule has 2 aromatic carbocycles. The Kier molecular flexibility index (Phi) is 6.21. The molecule has 0 spiro atoms. The van der Waals surface area contributed by atoms with Crippen molar-refractivity contribution in [3.8, 4) is 11.5 Å². The Morgan fingerprint density at radius 1 is 0.970 bits per heavy atom. The average Bonchev–Trinajstić information content (AvgIpc) is 2.78. The number of allylic oxidation sites excluding steroid dienone is 3. The molecule has 5 rings (SSSR count). The topological polar surface area (TPSA) is 130 Å². The summed E-state index contributed by atoms with van der Waals surface area (Å²) in [5, 5.41) is 3.26. The van der Waals surface area contributed by atoms with Gasteiger partial charge in [-0.25, -0.2) is 13.4 Å². The molecule has 0 fully saturated rings. The minimum Gasteiger partial charge on any atom is -0.744 e. The van der Waals surface area contributed by atoms with Crippen molar-refractivity contribution in [2.24, 2.45) is 0 Å². The van der Waals surface area contributed by atoms with Crippen molar-refractivity contribution in [1.29, 1.82) is 0 Å². The molecular weight excluding hydrogens is 453 g/mol. The molecule has 0 bridgehead atoms. The molecule has 1 N–H and O–H groups in total. The standard InChI is InChI=1S/C22H17N5O4S.Na/c1-3-5-12(2)22(32(28,29)30)13-6-4-7-14-20(13)31-21-18-16(24-10-11-26-18)15-17(19(21)27-14)25-9-8-23-15;/h3-11,27H,1-2H3,(H,28,29,30);/q;+1/p-1. The van der Waals surface area contributed by atoms with E-state index in [-0.39, 0.29) is 45.8 Å². The van der Waals surface area contributed by atoms with Crippen LogP contribution in [-0.4, -0.2) is 32.9 Å². The zero-order valence-electron chi connectivity index (χ0n) is 18.0. The quantitative estimate of drug-likeness (QED) is 0.180. The number of hydrogen-bond donors (Lipinski definition) is 1. The van der Waals surface area contributed by atoms with Gasteiger partial charge in [0.05, 0.1) is 10.6 Å². The molecule has 33 heavy (non-hydrogen) atoms. The minimum absolute atomic E-state index is 0. The summed E-state index contributed by atoms with van der Waals surface area (Å²) in [5.41, 5.74) is 3.49. The van der Waals surface area contributed by atoms with Crippen molar-refractivity contribution in [3.63, 3.8) is 0 Å². The van der Waals surface area contributed by atoms with Gasteiger partial charge in [0.25, 0.3) is 0 Å². The van der Waals surface area contributed by atoms with E-state index < -0.39 is 10.1 Å². The zero-order valence-corrected chi connectivity index (χ0v) is 20.8. The van der Waals surface area contributed by atoms with Crippen molar-refractivity contribution in [1.82, 2.24) is 19.9 Å². The third-order valence-corrected chi connectivity index (χ3v) is 6.09. The number of hydrogen-bond acceptors (Lipinski definition) is 9. The molecule has 4 aromatic rings. The first-order chi connectivity index (χ1) is 15.4. The van der Waals surface area contributed by atoms with Gasteiger partial charge in [-0.2, -0.15) is 0 Å². The first-order valence-electron chi connectivity index (χ1n) is 9.65. The smallest absolute Gasteiger partial charge is 0.744 e. The molecule has 160 valence electrons. The minimum atomic E-state index is -4.81. The monoisotopic (exact) mass is 469 g/mol. The number of aromatic nitrogens is 4. The third kappa shape index (κ3) is 3.90. The van der Waals surface area contributed by atoms with Gasteiger partial charge in [-0.05, 0) is 31.6 Å². The summed E-state index contributed by atoms with van der Waals surface area (Å²) in [6, 6.07) is 4.92. The Morgan fingerprint density at radius 2 is 1.58 bits per heavy atom. The molecule has 0 amide bonds. The van der Waals surface area contributed by atoms with Gasteiger partial charge in [0.2, 0.25) is 0 Å². The first kappa shape index (κ1) is 23.3. The number of rotatable bonds is 3. The second-order valence-electron chi connectivity index (χ2n) is 7.09. The summed E-state index contributed by atoms with van der Waals surface area (Å²) in [4.78, 5) is 17.3. The van der Waals surface area contributed by atoms with Crippen molar-refractivity contribution >= 4 is 48.5 Å². The van der Waals surface area contributed by atoms with E-state index in [1.165, 1.54) is 12.3 Å². The SMILES string of the molecule is CC=CC(C)=C(c1cccc2c1Oc1c(c3nccnc3c3nccnc13)N2)S(=O)(=O)[O-].[Na+]. The first-order valence-corrected chi connectivity index (χ1v) is 11.1. The normalized spacial score (nSPS) is 13.5. The predicted molar refractivity (Wildman–Crippen MR) is 120 cm³/mol. The summed E-state index contributed by atoms with van der Waals surface area (Å²) in [7, 11) is -4.81. The maximum Gasteiger partial charge on any atom is 1.00 e. The Morgan fingerprint density at radius 3 is 2.21 bits per heavy atom. The van der Waals surface area contributed by atoms with E-state index in [2.05, 4.69) is 25.3 Å². The molecule has 0 aliphatic carbocycles. The van der Waals surface area contributed by atoms with Crippen LogP contribution in [0.1, 0.15) is 19.4 Å². The summed E-state index contributed by atoms with van der Waals surface area (Å²) in [6.45, 7) is 3.31. The molecule has 11 heteroatoms. The molecule has 9 nitrogen and oxygen atoms in total. The number of fused-ring (bicyclic) bond motifs is 7. The van der Waals surface area contributed by atoms with Crippen LogP contribution in [0.25, 0.3) is 27.0 Å². The van der Waals surface area contributed by atoms with E-state index >= 15 is 0 Å². The predicted octanol–water partition coefficient (Wildman–Crippen LogP) is 1.28. The van der Waals surface area contributed by atoms with E-state index in [1.54, 1.807) is 56.7 Å². The average molecular weight is 469 g/mol. The van der Waals surface area contributed by atoms with Gasteiger partial charge in [0.15, 0.2) is 11.5 Å². The molecular formula is C22H16N5NaO4S. The van der Waals surface area contributed by atoms with Crippen molar-refractivity contribution < 1.29 is 47.3 Å². The Hall–Kier alpha value is -2.89. The number of benzene rings is 2. The van der Waals surface area contributed by atoms with Crippen LogP contribution in [0.15, 0.2) is 60.7 Å². The van der Waals surface area contributed by atoms with E-state index in [4.69, 9.17) is 4.74 Å². The van der Waals surface area contributed by atoms with Crippen molar-refractivity contribution in [3.05, 3.63) is 66.3 Å². The van der Waals surface area contributed by atoms with Gasteiger partial charge in [0, 0.05) is 30.4 Å². The third-order valence-electron chi connectivity index (χ3n) is 5.05.